The molecule has 0 aliphatic rings. The van der Waals surface area contributed by atoms with Crippen LogP contribution in [-0.4, -0.2) is 18.4 Å². The van der Waals surface area contributed by atoms with Gasteiger partial charge in [-0.2, -0.15) is 0 Å². The lowest BCUT2D eigenvalue weighted by Crippen LogP contribution is -2.19. The van der Waals surface area contributed by atoms with Crippen molar-refractivity contribution in [3.63, 3.8) is 0 Å². The highest BCUT2D eigenvalue weighted by molar-refractivity contribution is 5.86. The molecule has 1 aromatic heterocycles. The molecule has 116 valence electrons. The molecule has 0 radical (unpaired) electrons. The van der Waals surface area contributed by atoms with Gasteiger partial charge in [-0.25, -0.2) is 4.79 Å². The maximum absolute atomic E-state index is 11.9. The molecule has 1 N–H and O–H groups in total. The number of carbonyl (C=O) groups excluding carboxylic acids is 1. The Balaban J connectivity index is 2.15. The quantitative estimate of drug-likeness (QED) is 0.937. The van der Waals surface area contributed by atoms with Crippen LogP contribution < -0.4 is 10.1 Å². The molecule has 1 amide bonds. The fourth-order valence-corrected chi connectivity index (χ4v) is 1.90. The van der Waals surface area contributed by atoms with Crippen LogP contribution in [0.2, 0.25) is 0 Å². The molecule has 1 aromatic carbocycles. The van der Waals surface area contributed by atoms with Crippen LogP contribution in [0.5, 0.6) is 5.75 Å². The summed E-state index contributed by atoms with van der Waals surface area (Å²) in [6, 6.07) is 10.1. The van der Waals surface area contributed by atoms with Gasteiger partial charge in [0.05, 0.1) is 12.2 Å². The van der Waals surface area contributed by atoms with Crippen molar-refractivity contribution in [1.82, 2.24) is 5.16 Å². The monoisotopic (exact) mass is 302 g/mol. The molecule has 6 heteroatoms. The largest absolute Gasteiger partial charge is 0.418 e. The van der Waals surface area contributed by atoms with Gasteiger partial charge in [0.15, 0.2) is 5.82 Å². The first-order valence-corrected chi connectivity index (χ1v) is 6.76. The second kappa shape index (κ2) is 6.50. The fraction of sp³-hybridized carbons (Fsp3) is 0.375. The van der Waals surface area contributed by atoms with Crippen molar-refractivity contribution in [2.45, 2.75) is 32.8 Å². The molecule has 0 unspecified atom stereocenters. The zero-order valence-electron chi connectivity index (χ0n) is 13.0. The number of amides is 1. The maximum Gasteiger partial charge on any atom is 0.418 e. The molecule has 6 nitrogen and oxygen atoms in total. The standard InChI is InChI=1S/C16H18N2O4/c1-16(2,3)13-12(10-20-4)14(18-22-13)17-15(19)21-11-8-6-5-7-9-11/h6,8-9H,10H2,1-4H3,(H,17,18,19). The van der Waals surface area contributed by atoms with E-state index in [1.807, 2.05) is 20.8 Å². The molecule has 0 atom stereocenters. The fourth-order valence-electron chi connectivity index (χ4n) is 1.90. The molecule has 2 rings (SSSR count). The number of nitrogens with one attached hydrogen (secondary N) is 1. The minimum atomic E-state index is -0.661. The number of hydrogen-bond donors (Lipinski definition) is 1. The molecule has 0 spiro atoms. The molecular formula is C16H18N2O4. The Morgan fingerprint density at radius 2 is 2.18 bits per heavy atom. The lowest BCUT2D eigenvalue weighted by atomic mass is 9.90. The van der Waals surface area contributed by atoms with Gasteiger partial charge in [-0.3, -0.25) is 5.32 Å². The third kappa shape index (κ3) is 3.77. The van der Waals surface area contributed by atoms with Crippen LogP contribution in [0.3, 0.4) is 0 Å². The summed E-state index contributed by atoms with van der Waals surface area (Å²) in [5, 5.41) is 6.47. The normalized spacial score (nSPS) is 10.9. The summed E-state index contributed by atoms with van der Waals surface area (Å²) in [5.74, 6) is 1.32. The predicted octanol–water partition coefficient (Wildman–Crippen LogP) is 3.33. The lowest BCUT2D eigenvalue weighted by Gasteiger charge is -2.16. The van der Waals surface area contributed by atoms with E-state index in [1.54, 1.807) is 19.2 Å². The molecule has 2 aromatic rings. The zero-order valence-corrected chi connectivity index (χ0v) is 13.0. The Kier molecular flexibility index (Phi) is 4.68. The number of hydrogen-bond acceptors (Lipinski definition) is 5. The van der Waals surface area contributed by atoms with Crippen LogP contribution in [0.1, 0.15) is 32.1 Å². The van der Waals surface area contributed by atoms with Crippen molar-refractivity contribution in [2.75, 3.05) is 12.4 Å². The van der Waals surface area contributed by atoms with Crippen LogP contribution in [0.25, 0.3) is 0 Å². The van der Waals surface area contributed by atoms with Gasteiger partial charge in [0.25, 0.3) is 0 Å². The smallest absolute Gasteiger partial charge is 0.409 e. The predicted molar refractivity (Wildman–Crippen MR) is 79.7 cm³/mol. The van der Waals surface area contributed by atoms with Gasteiger partial charge in [0.1, 0.15) is 11.5 Å². The van der Waals surface area contributed by atoms with E-state index < -0.39 is 6.09 Å². The highest BCUT2D eigenvalue weighted by Gasteiger charge is 2.27. The van der Waals surface area contributed by atoms with Gasteiger partial charge in [-0.05, 0) is 12.1 Å². The highest BCUT2D eigenvalue weighted by Crippen LogP contribution is 2.31. The van der Waals surface area contributed by atoms with Gasteiger partial charge in [0, 0.05) is 18.6 Å². The second-order valence-corrected chi connectivity index (χ2v) is 5.71. The summed E-state index contributed by atoms with van der Waals surface area (Å²) in [4.78, 5) is 11.9. The van der Waals surface area contributed by atoms with Crippen LogP contribution in [0, 0.1) is 12.1 Å². The molecule has 0 saturated heterocycles. The van der Waals surface area contributed by atoms with Crippen LogP contribution in [0.15, 0.2) is 22.7 Å². The van der Waals surface area contributed by atoms with Crippen molar-refractivity contribution < 1.29 is 18.8 Å². The molecular weight excluding hydrogens is 284 g/mol. The third-order valence-corrected chi connectivity index (χ3v) is 2.82. The van der Waals surface area contributed by atoms with Crippen LogP contribution in [-0.2, 0) is 16.8 Å². The Labute approximate surface area is 129 Å². The number of aromatic nitrogens is 1. The summed E-state index contributed by atoms with van der Waals surface area (Å²) >= 11 is 0. The minimum absolute atomic E-state index is 0.255. The summed E-state index contributed by atoms with van der Waals surface area (Å²) in [5.41, 5.74) is 0.439. The summed E-state index contributed by atoms with van der Waals surface area (Å²) in [6.07, 6.45) is -0.661. The molecule has 0 aliphatic heterocycles. The Morgan fingerprint density at radius 1 is 1.41 bits per heavy atom. The number of ether oxygens (including phenoxy) is 2. The second-order valence-electron chi connectivity index (χ2n) is 5.71. The Morgan fingerprint density at radius 3 is 2.77 bits per heavy atom. The topological polar surface area (TPSA) is 73.6 Å². The minimum Gasteiger partial charge on any atom is -0.409 e. The van der Waals surface area contributed by atoms with Crippen molar-refractivity contribution in [1.29, 1.82) is 0 Å². The van der Waals surface area contributed by atoms with Crippen LogP contribution in [0.4, 0.5) is 10.6 Å². The lowest BCUT2D eigenvalue weighted by molar-refractivity contribution is 0.181. The number of carbonyl (C=O) groups is 1. The van der Waals surface area contributed by atoms with E-state index in [9.17, 15) is 4.79 Å². The van der Waals surface area contributed by atoms with E-state index >= 15 is 0 Å². The van der Waals surface area contributed by atoms with Crippen LogP contribution >= 0.6 is 0 Å². The molecule has 0 aliphatic carbocycles. The first-order valence-electron chi connectivity index (χ1n) is 6.76. The van der Waals surface area contributed by atoms with Gasteiger partial charge in [-0.1, -0.05) is 38.1 Å². The SMILES string of the molecule is COCc1c(NC(=O)Oc2cc#ccc2)noc1C(C)(C)C. The van der Waals surface area contributed by atoms with E-state index in [4.69, 9.17) is 14.0 Å². The average Bonchev–Trinajstić information content (AvgIpc) is 2.83. The van der Waals surface area contributed by atoms with Crippen molar-refractivity contribution in [2.24, 2.45) is 0 Å². The van der Waals surface area contributed by atoms with E-state index in [-0.39, 0.29) is 12.0 Å². The summed E-state index contributed by atoms with van der Waals surface area (Å²) in [7, 11) is 1.57. The molecule has 22 heavy (non-hydrogen) atoms. The van der Waals surface area contributed by atoms with Crippen molar-refractivity contribution in [3.8, 4) is 5.75 Å². The Hall–Kier alpha value is -2.52. The number of anilines is 1. The number of nitrogens with zero attached hydrogens (tertiary/aromatic N) is 1. The molecule has 0 saturated carbocycles. The first-order chi connectivity index (χ1) is 10.4. The summed E-state index contributed by atoms with van der Waals surface area (Å²) < 4.78 is 15.6. The molecule has 1 heterocycles. The van der Waals surface area contributed by atoms with E-state index in [2.05, 4.69) is 22.6 Å². The highest BCUT2D eigenvalue weighted by atomic mass is 16.6. The number of methoxy groups -OCH3 is 1. The molecule has 0 bridgehead atoms. The zero-order chi connectivity index (χ0) is 16.2. The van der Waals surface area contributed by atoms with Crippen molar-refractivity contribution in [3.05, 3.63) is 41.7 Å². The van der Waals surface area contributed by atoms with Gasteiger partial charge >= 0.3 is 6.09 Å². The first kappa shape index (κ1) is 15.9. The average molecular weight is 302 g/mol. The molecule has 0 fully saturated rings. The van der Waals surface area contributed by atoms with Gasteiger partial charge < -0.3 is 14.0 Å². The Bertz CT molecular complexity index is 629. The van der Waals surface area contributed by atoms with Gasteiger partial charge in [-0.15, -0.1) is 0 Å². The van der Waals surface area contributed by atoms with Crippen molar-refractivity contribution >= 4 is 11.9 Å². The maximum atomic E-state index is 11.9. The summed E-state index contributed by atoms with van der Waals surface area (Å²) in [6.45, 7) is 6.25. The van der Waals surface area contributed by atoms with Gasteiger partial charge in [0.2, 0.25) is 0 Å². The van der Waals surface area contributed by atoms with E-state index in [0.717, 1.165) is 0 Å². The number of rotatable bonds is 4. The van der Waals surface area contributed by atoms with E-state index in [0.29, 0.717) is 22.9 Å². The van der Waals surface area contributed by atoms with E-state index in [1.165, 1.54) is 6.07 Å². The third-order valence-electron chi connectivity index (χ3n) is 2.82.